The van der Waals surface area contributed by atoms with E-state index in [0.717, 1.165) is 25.8 Å². The standard InChI is InChI=1S/C8H11N3O4/c12-7(15-8-11-9-5-14-8)10-6-2-1-3-13-4-6/h5-6H,1-4H2,(H,10,12). The minimum atomic E-state index is -0.602. The lowest BCUT2D eigenvalue weighted by Gasteiger charge is -2.22. The van der Waals surface area contributed by atoms with Crippen molar-refractivity contribution in [3.63, 3.8) is 0 Å². The summed E-state index contributed by atoms with van der Waals surface area (Å²) in [4.78, 5) is 11.3. The number of hydrogen-bond donors (Lipinski definition) is 1. The average molecular weight is 213 g/mol. The number of amides is 1. The van der Waals surface area contributed by atoms with Gasteiger partial charge in [0.05, 0.1) is 12.6 Å². The van der Waals surface area contributed by atoms with Crippen LogP contribution in [0.1, 0.15) is 12.8 Å². The molecule has 0 aliphatic carbocycles. The van der Waals surface area contributed by atoms with Gasteiger partial charge in [0.2, 0.25) is 6.39 Å². The van der Waals surface area contributed by atoms with Gasteiger partial charge in [0.15, 0.2) is 0 Å². The fourth-order valence-electron chi connectivity index (χ4n) is 1.34. The zero-order valence-corrected chi connectivity index (χ0v) is 8.01. The molecule has 2 rings (SSSR count). The highest BCUT2D eigenvalue weighted by Crippen LogP contribution is 2.07. The smallest absolute Gasteiger partial charge is 0.396 e. The molecule has 0 radical (unpaired) electrons. The molecule has 0 bridgehead atoms. The van der Waals surface area contributed by atoms with Crippen LogP contribution in [0.4, 0.5) is 4.79 Å². The Morgan fingerprint density at radius 2 is 2.60 bits per heavy atom. The molecule has 0 saturated carbocycles. The van der Waals surface area contributed by atoms with Gasteiger partial charge >= 0.3 is 12.2 Å². The SMILES string of the molecule is O=C(NC1CCCOC1)Oc1nnco1. The monoisotopic (exact) mass is 213 g/mol. The molecule has 1 aliphatic rings. The Bertz CT molecular complexity index is 308. The van der Waals surface area contributed by atoms with Crippen LogP contribution in [0.3, 0.4) is 0 Å². The van der Waals surface area contributed by atoms with E-state index in [9.17, 15) is 4.79 Å². The summed E-state index contributed by atoms with van der Waals surface area (Å²) in [6.07, 6.45) is 2.15. The van der Waals surface area contributed by atoms with E-state index < -0.39 is 6.09 Å². The third kappa shape index (κ3) is 2.91. The van der Waals surface area contributed by atoms with Crippen molar-refractivity contribution in [2.75, 3.05) is 13.2 Å². The third-order valence-electron chi connectivity index (χ3n) is 2.00. The predicted octanol–water partition coefficient (Wildman–Crippen LogP) is 0.337. The van der Waals surface area contributed by atoms with Gasteiger partial charge in [0, 0.05) is 6.61 Å². The number of aromatic nitrogens is 2. The fourth-order valence-corrected chi connectivity index (χ4v) is 1.34. The molecule has 7 heteroatoms. The lowest BCUT2D eigenvalue weighted by molar-refractivity contribution is 0.0693. The molecule has 7 nitrogen and oxygen atoms in total. The maximum atomic E-state index is 11.3. The number of hydrogen-bond acceptors (Lipinski definition) is 6. The summed E-state index contributed by atoms with van der Waals surface area (Å²) < 4.78 is 14.6. The van der Waals surface area contributed by atoms with E-state index in [0.29, 0.717) is 6.61 Å². The summed E-state index contributed by atoms with van der Waals surface area (Å²) in [5, 5.41) is 9.44. The normalized spacial score (nSPS) is 20.9. The summed E-state index contributed by atoms with van der Waals surface area (Å²) in [6.45, 7) is 1.26. The molecule has 82 valence electrons. The van der Waals surface area contributed by atoms with E-state index in [1.54, 1.807) is 0 Å². The first kappa shape index (κ1) is 9.91. The van der Waals surface area contributed by atoms with Gasteiger partial charge in [-0.3, -0.25) is 0 Å². The van der Waals surface area contributed by atoms with Gasteiger partial charge in [-0.05, 0) is 12.8 Å². The molecule has 1 unspecified atom stereocenters. The molecule has 1 fully saturated rings. The van der Waals surface area contributed by atoms with Crippen molar-refractivity contribution in [1.29, 1.82) is 0 Å². The molecule has 0 spiro atoms. The van der Waals surface area contributed by atoms with Gasteiger partial charge in [-0.25, -0.2) is 4.79 Å². The van der Waals surface area contributed by atoms with Gasteiger partial charge in [0.25, 0.3) is 0 Å². The summed E-state index contributed by atoms with van der Waals surface area (Å²) >= 11 is 0. The first-order valence-electron chi connectivity index (χ1n) is 4.67. The summed E-state index contributed by atoms with van der Waals surface area (Å²) in [5.41, 5.74) is 0. The van der Waals surface area contributed by atoms with Crippen molar-refractivity contribution in [1.82, 2.24) is 15.5 Å². The highest BCUT2D eigenvalue weighted by atomic mass is 16.6. The second kappa shape index (κ2) is 4.74. The van der Waals surface area contributed by atoms with Crippen molar-refractivity contribution in [3.05, 3.63) is 6.39 Å². The van der Waals surface area contributed by atoms with Crippen molar-refractivity contribution < 1.29 is 18.7 Å². The van der Waals surface area contributed by atoms with Crippen LogP contribution in [-0.4, -0.2) is 35.5 Å². The minimum Gasteiger partial charge on any atom is -0.396 e. The van der Waals surface area contributed by atoms with Crippen molar-refractivity contribution >= 4 is 6.09 Å². The first-order valence-corrected chi connectivity index (χ1v) is 4.67. The van der Waals surface area contributed by atoms with Gasteiger partial charge in [-0.15, -0.1) is 5.10 Å². The van der Waals surface area contributed by atoms with Gasteiger partial charge in [-0.1, -0.05) is 5.10 Å². The molecule has 1 saturated heterocycles. The maximum Gasteiger partial charge on any atom is 0.423 e. The van der Waals surface area contributed by atoms with E-state index in [-0.39, 0.29) is 12.1 Å². The van der Waals surface area contributed by atoms with Crippen molar-refractivity contribution in [2.24, 2.45) is 0 Å². The van der Waals surface area contributed by atoms with Crippen LogP contribution in [0.25, 0.3) is 0 Å². The predicted molar refractivity (Wildman–Crippen MR) is 47.3 cm³/mol. The quantitative estimate of drug-likeness (QED) is 0.762. The first-order chi connectivity index (χ1) is 7.34. The fraction of sp³-hybridized carbons (Fsp3) is 0.625. The van der Waals surface area contributed by atoms with Gasteiger partial charge in [0.1, 0.15) is 0 Å². The van der Waals surface area contributed by atoms with Crippen molar-refractivity contribution in [3.8, 4) is 6.08 Å². The van der Waals surface area contributed by atoms with E-state index in [1.807, 2.05) is 0 Å². The Morgan fingerprint density at radius 3 is 3.27 bits per heavy atom. The molecule has 1 aromatic heterocycles. The molecule has 15 heavy (non-hydrogen) atoms. The topological polar surface area (TPSA) is 86.5 Å². The summed E-state index contributed by atoms with van der Waals surface area (Å²) in [5.74, 6) is 0. The zero-order chi connectivity index (χ0) is 10.5. The lowest BCUT2D eigenvalue weighted by Crippen LogP contribution is -2.42. The molecule has 1 amide bonds. The summed E-state index contributed by atoms with van der Waals surface area (Å²) in [6, 6.07) is -0.00540. The van der Waals surface area contributed by atoms with Crippen LogP contribution in [0.5, 0.6) is 6.08 Å². The maximum absolute atomic E-state index is 11.3. The number of ether oxygens (including phenoxy) is 2. The van der Waals surface area contributed by atoms with Crippen LogP contribution in [0, 0.1) is 0 Å². The van der Waals surface area contributed by atoms with Crippen LogP contribution in [0.15, 0.2) is 10.8 Å². The third-order valence-corrected chi connectivity index (χ3v) is 2.00. The van der Waals surface area contributed by atoms with E-state index in [1.165, 1.54) is 0 Å². The molecule has 1 atom stereocenters. The summed E-state index contributed by atoms with van der Waals surface area (Å²) in [7, 11) is 0. The van der Waals surface area contributed by atoms with Crippen molar-refractivity contribution in [2.45, 2.75) is 18.9 Å². The Kier molecular flexibility index (Phi) is 3.13. The van der Waals surface area contributed by atoms with E-state index >= 15 is 0 Å². The molecule has 1 N–H and O–H groups in total. The molecule has 0 aromatic carbocycles. The highest BCUT2D eigenvalue weighted by Gasteiger charge is 2.18. The molecular formula is C8H11N3O4. The van der Waals surface area contributed by atoms with E-state index in [4.69, 9.17) is 9.47 Å². The van der Waals surface area contributed by atoms with E-state index in [2.05, 4.69) is 19.9 Å². The number of nitrogens with one attached hydrogen (secondary N) is 1. The second-order valence-corrected chi connectivity index (χ2v) is 3.15. The molecule has 2 heterocycles. The average Bonchev–Trinajstić information content (AvgIpc) is 2.71. The molecule has 1 aromatic rings. The number of nitrogens with zero attached hydrogens (tertiary/aromatic N) is 2. The number of carbonyl (C=O) groups excluding carboxylic acids is 1. The second-order valence-electron chi connectivity index (χ2n) is 3.15. The number of rotatable bonds is 2. The number of carbonyl (C=O) groups is 1. The lowest BCUT2D eigenvalue weighted by atomic mass is 10.1. The van der Waals surface area contributed by atoms with Crippen LogP contribution >= 0.6 is 0 Å². The Hall–Kier alpha value is -1.63. The van der Waals surface area contributed by atoms with Crippen LogP contribution in [-0.2, 0) is 4.74 Å². The highest BCUT2D eigenvalue weighted by molar-refractivity contribution is 5.69. The van der Waals surface area contributed by atoms with Gasteiger partial charge in [-0.2, -0.15) is 0 Å². The van der Waals surface area contributed by atoms with Crippen LogP contribution in [0.2, 0.25) is 0 Å². The zero-order valence-electron chi connectivity index (χ0n) is 8.01. The minimum absolute atomic E-state index is 0.00540. The Morgan fingerprint density at radius 1 is 1.67 bits per heavy atom. The largest absolute Gasteiger partial charge is 0.423 e. The van der Waals surface area contributed by atoms with Gasteiger partial charge < -0.3 is 19.2 Å². The Labute approximate surface area is 85.8 Å². The molecular weight excluding hydrogens is 202 g/mol. The molecule has 1 aliphatic heterocycles. The Balaban J connectivity index is 1.76. The van der Waals surface area contributed by atoms with Crippen LogP contribution < -0.4 is 10.1 Å².